The van der Waals surface area contributed by atoms with Crippen molar-refractivity contribution in [3.63, 3.8) is 0 Å². The van der Waals surface area contributed by atoms with Gasteiger partial charge in [0.2, 0.25) is 5.89 Å². The summed E-state index contributed by atoms with van der Waals surface area (Å²) in [6, 6.07) is 6.08. The SMILES string of the molecule is CN=C(NCCCn1nc(C)cc1C)NCc1coc(-c2cccs2)n1. The molecule has 3 heterocycles. The van der Waals surface area contributed by atoms with Crippen molar-refractivity contribution in [1.29, 1.82) is 0 Å². The maximum Gasteiger partial charge on any atom is 0.236 e. The second kappa shape index (κ2) is 8.66. The molecule has 7 nitrogen and oxygen atoms in total. The van der Waals surface area contributed by atoms with Gasteiger partial charge in [0.05, 0.1) is 22.8 Å². The summed E-state index contributed by atoms with van der Waals surface area (Å²) < 4.78 is 7.56. The average Bonchev–Trinajstić information content (AvgIpc) is 3.35. The topological polar surface area (TPSA) is 80.3 Å². The molecule has 0 fully saturated rings. The van der Waals surface area contributed by atoms with Crippen molar-refractivity contribution in [3.8, 4) is 10.8 Å². The van der Waals surface area contributed by atoms with Gasteiger partial charge >= 0.3 is 0 Å². The van der Waals surface area contributed by atoms with Crippen LogP contribution in [0.3, 0.4) is 0 Å². The molecule has 0 radical (unpaired) electrons. The van der Waals surface area contributed by atoms with Crippen molar-refractivity contribution < 1.29 is 4.42 Å². The number of nitrogens with zero attached hydrogens (tertiary/aromatic N) is 4. The fraction of sp³-hybridized carbons (Fsp3) is 0.389. The Kier molecular flexibility index (Phi) is 6.06. The highest BCUT2D eigenvalue weighted by Crippen LogP contribution is 2.23. The Morgan fingerprint density at radius 3 is 2.92 bits per heavy atom. The lowest BCUT2D eigenvalue weighted by Gasteiger charge is -2.11. The van der Waals surface area contributed by atoms with E-state index in [-0.39, 0.29) is 0 Å². The molecule has 0 atom stereocenters. The summed E-state index contributed by atoms with van der Waals surface area (Å²) in [7, 11) is 1.76. The van der Waals surface area contributed by atoms with Crippen molar-refractivity contribution in [3.05, 3.63) is 46.9 Å². The van der Waals surface area contributed by atoms with Gasteiger partial charge in [-0.2, -0.15) is 5.10 Å². The summed E-state index contributed by atoms with van der Waals surface area (Å²) in [4.78, 5) is 9.77. The van der Waals surface area contributed by atoms with Crippen LogP contribution in [0.1, 0.15) is 23.5 Å². The second-order valence-corrected chi connectivity index (χ2v) is 6.93. The summed E-state index contributed by atoms with van der Waals surface area (Å²) in [5.41, 5.74) is 3.10. The number of thiophene rings is 1. The largest absolute Gasteiger partial charge is 0.443 e. The molecule has 0 bridgehead atoms. The number of aryl methyl sites for hydroxylation is 3. The van der Waals surface area contributed by atoms with Crippen LogP contribution in [-0.4, -0.2) is 34.3 Å². The average molecular weight is 372 g/mol. The lowest BCUT2D eigenvalue weighted by molar-refractivity contribution is 0.555. The molecule has 3 rings (SSSR count). The van der Waals surface area contributed by atoms with Gasteiger partial charge in [-0.1, -0.05) is 6.07 Å². The van der Waals surface area contributed by atoms with Crippen molar-refractivity contribution in [2.75, 3.05) is 13.6 Å². The van der Waals surface area contributed by atoms with Gasteiger partial charge in [-0.05, 0) is 37.8 Å². The Hall–Kier alpha value is -2.61. The van der Waals surface area contributed by atoms with Crippen molar-refractivity contribution >= 4 is 17.3 Å². The number of oxazole rings is 1. The Morgan fingerprint density at radius 1 is 1.35 bits per heavy atom. The van der Waals surface area contributed by atoms with E-state index in [0.29, 0.717) is 12.4 Å². The fourth-order valence-electron chi connectivity index (χ4n) is 2.63. The molecule has 0 aliphatic rings. The molecule has 0 aliphatic heterocycles. The van der Waals surface area contributed by atoms with Crippen LogP contribution in [0.15, 0.2) is 39.3 Å². The molecular weight excluding hydrogens is 348 g/mol. The number of aliphatic imine (C=N–C) groups is 1. The Bertz CT molecular complexity index is 849. The first kappa shape index (κ1) is 18.2. The molecule has 0 spiro atoms. The lowest BCUT2D eigenvalue weighted by Crippen LogP contribution is -2.37. The minimum Gasteiger partial charge on any atom is -0.443 e. The third-order valence-electron chi connectivity index (χ3n) is 3.89. The quantitative estimate of drug-likeness (QED) is 0.379. The number of rotatable bonds is 7. The van der Waals surface area contributed by atoms with Crippen LogP contribution in [0, 0.1) is 13.8 Å². The first-order valence-electron chi connectivity index (χ1n) is 8.59. The molecule has 0 saturated carbocycles. The molecule has 26 heavy (non-hydrogen) atoms. The normalized spacial score (nSPS) is 11.7. The summed E-state index contributed by atoms with van der Waals surface area (Å²) in [6.45, 7) is 6.36. The van der Waals surface area contributed by atoms with Gasteiger partial charge in [0.25, 0.3) is 0 Å². The third-order valence-corrected chi connectivity index (χ3v) is 4.74. The molecule has 0 aromatic carbocycles. The number of hydrogen-bond acceptors (Lipinski definition) is 5. The van der Waals surface area contributed by atoms with Crippen LogP contribution in [0.25, 0.3) is 10.8 Å². The van der Waals surface area contributed by atoms with E-state index in [1.807, 2.05) is 29.1 Å². The van der Waals surface area contributed by atoms with Crippen LogP contribution in [0.4, 0.5) is 0 Å². The third kappa shape index (κ3) is 4.72. The summed E-state index contributed by atoms with van der Waals surface area (Å²) in [5, 5.41) is 13.0. The molecular formula is C18H24N6OS. The zero-order valence-corrected chi connectivity index (χ0v) is 16.1. The minimum absolute atomic E-state index is 0.562. The second-order valence-electron chi connectivity index (χ2n) is 5.98. The van der Waals surface area contributed by atoms with Gasteiger partial charge in [-0.15, -0.1) is 11.3 Å². The Morgan fingerprint density at radius 2 is 2.23 bits per heavy atom. The number of aromatic nitrogens is 3. The Balaban J connectivity index is 1.41. The van der Waals surface area contributed by atoms with Gasteiger partial charge in [-0.3, -0.25) is 9.67 Å². The molecule has 0 amide bonds. The molecule has 3 aromatic rings. The van der Waals surface area contributed by atoms with Gasteiger partial charge in [0, 0.05) is 25.8 Å². The summed E-state index contributed by atoms with van der Waals surface area (Å²) >= 11 is 1.61. The molecule has 0 unspecified atom stereocenters. The summed E-state index contributed by atoms with van der Waals surface area (Å²) in [5.74, 6) is 1.41. The van der Waals surface area contributed by atoms with Crippen LogP contribution >= 0.6 is 11.3 Å². The standard InChI is InChI=1S/C18H24N6OS/c1-13-10-14(2)24(23-13)8-5-7-20-18(19-3)21-11-15-12-25-17(22-15)16-6-4-9-26-16/h4,6,9-10,12H,5,7-8,11H2,1-3H3,(H2,19,20,21). The minimum atomic E-state index is 0.562. The molecule has 8 heteroatoms. The van der Waals surface area contributed by atoms with Crippen LogP contribution in [0.2, 0.25) is 0 Å². The van der Waals surface area contributed by atoms with Gasteiger partial charge in [-0.25, -0.2) is 4.98 Å². The lowest BCUT2D eigenvalue weighted by atomic mass is 10.4. The first-order valence-corrected chi connectivity index (χ1v) is 9.47. The molecule has 2 N–H and O–H groups in total. The van der Waals surface area contributed by atoms with E-state index in [9.17, 15) is 0 Å². The zero-order valence-electron chi connectivity index (χ0n) is 15.3. The monoisotopic (exact) mass is 372 g/mol. The molecule has 138 valence electrons. The number of guanidine groups is 1. The van der Waals surface area contributed by atoms with E-state index in [0.717, 1.165) is 41.7 Å². The number of hydrogen-bond donors (Lipinski definition) is 2. The predicted octanol–water partition coefficient (Wildman–Crippen LogP) is 2.97. The molecule has 0 aliphatic carbocycles. The Labute approximate surface area is 157 Å². The van der Waals surface area contributed by atoms with E-state index in [2.05, 4.69) is 38.7 Å². The highest BCUT2D eigenvalue weighted by molar-refractivity contribution is 7.13. The molecule has 3 aromatic heterocycles. The predicted molar refractivity (Wildman–Crippen MR) is 104 cm³/mol. The summed E-state index contributed by atoms with van der Waals surface area (Å²) in [6.07, 6.45) is 2.65. The van der Waals surface area contributed by atoms with Gasteiger partial charge in [0.15, 0.2) is 5.96 Å². The van der Waals surface area contributed by atoms with Gasteiger partial charge < -0.3 is 15.1 Å². The number of nitrogens with one attached hydrogen (secondary N) is 2. The van der Waals surface area contributed by atoms with Crippen molar-refractivity contribution in [2.24, 2.45) is 4.99 Å². The fourth-order valence-corrected chi connectivity index (χ4v) is 3.29. The van der Waals surface area contributed by atoms with Gasteiger partial charge in [0.1, 0.15) is 6.26 Å². The van der Waals surface area contributed by atoms with E-state index in [4.69, 9.17) is 4.42 Å². The maximum absolute atomic E-state index is 5.52. The zero-order chi connectivity index (χ0) is 18.4. The molecule has 0 saturated heterocycles. The van der Waals surface area contributed by atoms with E-state index >= 15 is 0 Å². The highest BCUT2D eigenvalue weighted by atomic mass is 32.1. The van der Waals surface area contributed by atoms with E-state index < -0.39 is 0 Å². The van der Waals surface area contributed by atoms with Crippen molar-refractivity contribution in [2.45, 2.75) is 33.4 Å². The van der Waals surface area contributed by atoms with Crippen molar-refractivity contribution in [1.82, 2.24) is 25.4 Å². The van der Waals surface area contributed by atoms with E-state index in [1.165, 1.54) is 5.69 Å². The van der Waals surface area contributed by atoms with Crippen LogP contribution in [-0.2, 0) is 13.1 Å². The highest BCUT2D eigenvalue weighted by Gasteiger charge is 2.08. The first-order chi connectivity index (χ1) is 12.7. The van der Waals surface area contributed by atoms with E-state index in [1.54, 1.807) is 24.6 Å². The van der Waals surface area contributed by atoms with Crippen LogP contribution < -0.4 is 10.6 Å². The van der Waals surface area contributed by atoms with Crippen LogP contribution in [0.5, 0.6) is 0 Å². The smallest absolute Gasteiger partial charge is 0.236 e. The maximum atomic E-state index is 5.52.